The highest BCUT2D eigenvalue weighted by Crippen LogP contribution is 2.36. The first-order valence-corrected chi connectivity index (χ1v) is 10.4. The Morgan fingerprint density at radius 1 is 0.939 bits per heavy atom. The van der Waals surface area contributed by atoms with E-state index in [9.17, 15) is 28.1 Å². The summed E-state index contributed by atoms with van der Waals surface area (Å²) in [7, 11) is 0. The Morgan fingerprint density at radius 3 is 1.97 bits per heavy atom. The largest absolute Gasteiger partial charge is 0.444 e. The minimum absolute atomic E-state index is 0.0581. The van der Waals surface area contributed by atoms with Crippen molar-refractivity contribution in [3.8, 4) is 0 Å². The van der Waals surface area contributed by atoms with E-state index in [0.717, 1.165) is 23.8 Å². The van der Waals surface area contributed by atoms with Gasteiger partial charge in [-0.15, -0.1) is 0 Å². The van der Waals surface area contributed by atoms with Gasteiger partial charge in [0, 0.05) is 10.5 Å². The zero-order chi connectivity index (χ0) is 25.2. The van der Waals surface area contributed by atoms with E-state index in [1.54, 1.807) is 45.0 Å². The van der Waals surface area contributed by atoms with Crippen LogP contribution in [0.5, 0.6) is 0 Å². The van der Waals surface area contributed by atoms with Gasteiger partial charge in [-0.25, -0.2) is 4.79 Å². The van der Waals surface area contributed by atoms with Gasteiger partial charge in [0.25, 0.3) is 6.04 Å². The quantitative estimate of drug-likeness (QED) is 0.398. The highest BCUT2D eigenvalue weighted by molar-refractivity contribution is 5.68. The molecular formula is C24H29F3N2O4. The van der Waals surface area contributed by atoms with Gasteiger partial charge < -0.3 is 10.1 Å². The number of carbonyl (C=O) groups is 1. The van der Waals surface area contributed by atoms with Crippen molar-refractivity contribution in [1.82, 2.24) is 5.32 Å². The summed E-state index contributed by atoms with van der Waals surface area (Å²) in [6, 6.07) is 7.79. The molecule has 1 N–H and O–H groups in total. The normalized spacial score (nSPS) is 14.3. The summed E-state index contributed by atoms with van der Waals surface area (Å²) in [6.07, 6.45) is -5.62. The van der Waals surface area contributed by atoms with Gasteiger partial charge in [0.2, 0.25) is 0 Å². The number of nitrogens with one attached hydrogen (secondary N) is 1. The number of amides is 1. The van der Waals surface area contributed by atoms with E-state index in [-0.39, 0.29) is 16.5 Å². The van der Waals surface area contributed by atoms with Gasteiger partial charge >= 0.3 is 12.3 Å². The fourth-order valence-corrected chi connectivity index (χ4v) is 3.30. The van der Waals surface area contributed by atoms with Gasteiger partial charge in [-0.2, -0.15) is 13.2 Å². The van der Waals surface area contributed by atoms with E-state index in [1.807, 2.05) is 20.8 Å². The van der Waals surface area contributed by atoms with Crippen molar-refractivity contribution in [1.29, 1.82) is 0 Å². The molecule has 180 valence electrons. The van der Waals surface area contributed by atoms with Gasteiger partial charge in [-0.05, 0) is 49.4 Å². The SMILES string of the molecule is CC(C)(C)OC(=O)N[C@H](c1cccc(C(F)(F)F)c1)[C@H](c1ccc(C(C)(C)C)cc1)[N+](=O)[O-]. The van der Waals surface area contributed by atoms with E-state index >= 15 is 0 Å². The van der Waals surface area contributed by atoms with E-state index in [1.165, 1.54) is 6.07 Å². The third-order valence-corrected chi connectivity index (χ3v) is 4.91. The second-order valence-electron chi connectivity index (χ2n) is 9.85. The highest BCUT2D eigenvalue weighted by Gasteiger charge is 2.39. The second-order valence-corrected chi connectivity index (χ2v) is 9.85. The van der Waals surface area contributed by atoms with Gasteiger partial charge in [0.15, 0.2) is 0 Å². The molecule has 0 aliphatic heterocycles. The molecule has 2 aromatic carbocycles. The average Bonchev–Trinajstić information content (AvgIpc) is 2.65. The van der Waals surface area contributed by atoms with Crippen molar-refractivity contribution < 1.29 is 27.6 Å². The van der Waals surface area contributed by atoms with Crippen LogP contribution in [0.1, 0.15) is 75.9 Å². The molecular weight excluding hydrogens is 437 g/mol. The lowest BCUT2D eigenvalue weighted by Gasteiger charge is -2.26. The molecule has 0 aliphatic carbocycles. The predicted octanol–water partition coefficient (Wildman–Crippen LogP) is 6.59. The Labute approximate surface area is 191 Å². The Morgan fingerprint density at radius 2 is 1.52 bits per heavy atom. The van der Waals surface area contributed by atoms with E-state index in [2.05, 4.69) is 5.32 Å². The lowest BCUT2D eigenvalue weighted by Crippen LogP contribution is -2.39. The van der Waals surface area contributed by atoms with Crippen LogP contribution in [0.3, 0.4) is 0 Å². The van der Waals surface area contributed by atoms with Crippen LogP contribution in [0.25, 0.3) is 0 Å². The molecule has 0 unspecified atom stereocenters. The first-order chi connectivity index (χ1) is 15.0. The molecule has 2 rings (SSSR count). The van der Waals surface area contributed by atoms with E-state index in [4.69, 9.17) is 4.74 Å². The van der Waals surface area contributed by atoms with Crippen molar-refractivity contribution in [3.63, 3.8) is 0 Å². The van der Waals surface area contributed by atoms with Crippen LogP contribution in [-0.4, -0.2) is 16.6 Å². The number of benzene rings is 2. The molecule has 9 heteroatoms. The minimum Gasteiger partial charge on any atom is -0.444 e. The molecule has 2 aromatic rings. The number of carbonyl (C=O) groups excluding carboxylic acids is 1. The summed E-state index contributed by atoms with van der Waals surface area (Å²) >= 11 is 0. The van der Waals surface area contributed by atoms with E-state index in [0.29, 0.717) is 0 Å². The number of hydrogen-bond acceptors (Lipinski definition) is 4. The molecule has 0 fully saturated rings. The number of halogens is 3. The lowest BCUT2D eigenvalue weighted by atomic mass is 9.85. The summed E-state index contributed by atoms with van der Waals surface area (Å²) in [5.74, 6) is 0. The molecule has 0 heterocycles. The van der Waals surface area contributed by atoms with Gasteiger partial charge in [0.05, 0.1) is 5.56 Å². The van der Waals surface area contributed by atoms with Crippen LogP contribution >= 0.6 is 0 Å². The fourth-order valence-electron chi connectivity index (χ4n) is 3.30. The molecule has 0 saturated carbocycles. The fraction of sp³-hybridized carbons (Fsp3) is 0.458. The molecule has 0 saturated heterocycles. The Bertz CT molecular complexity index is 990. The third kappa shape index (κ3) is 7.20. The van der Waals surface area contributed by atoms with Crippen LogP contribution in [-0.2, 0) is 16.3 Å². The van der Waals surface area contributed by atoms with Crippen molar-refractivity contribution in [2.45, 2.75) is 70.8 Å². The Balaban J connectivity index is 2.58. The standard InChI is InChI=1S/C24H29F3N2O4/c1-22(2,3)17-12-10-15(11-13-17)20(29(31)32)19(28-21(30)33-23(4,5)6)16-8-7-9-18(14-16)24(25,26)27/h7-14,19-20H,1-6H3,(H,28,30)/t19-,20+/m1/s1. The summed E-state index contributed by atoms with van der Waals surface area (Å²) in [4.78, 5) is 24.0. The molecule has 0 aliphatic rings. The number of rotatable bonds is 5. The van der Waals surface area contributed by atoms with Crippen LogP contribution in [0.15, 0.2) is 48.5 Å². The van der Waals surface area contributed by atoms with Crippen molar-refractivity contribution in [3.05, 3.63) is 80.9 Å². The van der Waals surface area contributed by atoms with Crippen molar-refractivity contribution in [2.75, 3.05) is 0 Å². The molecule has 0 spiro atoms. The predicted molar refractivity (Wildman–Crippen MR) is 118 cm³/mol. The monoisotopic (exact) mass is 466 g/mol. The maximum atomic E-state index is 13.3. The zero-order valence-electron chi connectivity index (χ0n) is 19.5. The van der Waals surface area contributed by atoms with Crippen LogP contribution in [0.4, 0.5) is 18.0 Å². The van der Waals surface area contributed by atoms with Gasteiger partial charge in [-0.1, -0.05) is 57.2 Å². The van der Waals surface area contributed by atoms with Crippen LogP contribution in [0.2, 0.25) is 0 Å². The van der Waals surface area contributed by atoms with Gasteiger partial charge in [0.1, 0.15) is 11.6 Å². The number of hydrogen-bond donors (Lipinski definition) is 1. The van der Waals surface area contributed by atoms with Crippen LogP contribution < -0.4 is 5.32 Å². The summed E-state index contributed by atoms with van der Waals surface area (Å²) < 4.78 is 45.1. The smallest absolute Gasteiger partial charge is 0.416 e. The Hall–Kier alpha value is -3.10. The van der Waals surface area contributed by atoms with Crippen molar-refractivity contribution >= 4 is 6.09 Å². The number of nitrogens with zero attached hydrogens (tertiary/aromatic N) is 1. The molecule has 0 radical (unpaired) electrons. The zero-order valence-corrected chi connectivity index (χ0v) is 19.5. The highest BCUT2D eigenvalue weighted by atomic mass is 19.4. The molecule has 0 aromatic heterocycles. The molecule has 1 amide bonds. The summed E-state index contributed by atoms with van der Waals surface area (Å²) in [6.45, 7) is 10.8. The topological polar surface area (TPSA) is 81.5 Å². The number of alkyl carbamates (subject to hydrolysis) is 1. The maximum Gasteiger partial charge on any atom is 0.416 e. The molecule has 33 heavy (non-hydrogen) atoms. The summed E-state index contributed by atoms with van der Waals surface area (Å²) in [5, 5.41) is 14.6. The lowest BCUT2D eigenvalue weighted by molar-refractivity contribution is -0.534. The van der Waals surface area contributed by atoms with E-state index < -0.39 is 40.4 Å². The number of alkyl halides is 3. The Kier molecular flexibility index (Phi) is 7.46. The third-order valence-electron chi connectivity index (χ3n) is 4.91. The molecule has 6 nitrogen and oxygen atoms in total. The second kappa shape index (κ2) is 9.41. The van der Waals surface area contributed by atoms with Crippen LogP contribution in [0, 0.1) is 10.1 Å². The summed E-state index contributed by atoms with van der Waals surface area (Å²) in [5.41, 5.74) is -0.951. The first-order valence-electron chi connectivity index (χ1n) is 10.4. The number of ether oxygens (including phenoxy) is 1. The molecule has 0 bridgehead atoms. The maximum absolute atomic E-state index is 13.3. The van der Waals surface area contributed by atoms with Gasteiger partial charge in [-0.3, -0.25) is 10.1 Å². The first kappa shape index (κ1) is 26.2. The minimum atomic E-state index is -4.65. The van der Waals surface area contributed by atoms with Crippen molar-refractivity contribution in [2.24, 2.45) is 0 Å². The average molecular weight is 467 g/mol. The molecule has 2 atom stereocenters. The number of nitro groups is 1.